The average molecular weight is 419 g/mol. The van der Waals surface area contributed by atoms with E-state index in [1.165, 1.54) is 0 Å². The average Bonchev–Trinajstić information content (AvgIpc) is 2.81. The Morgan fingerprint density at radius 1 is 1.00 bits per heavy atom. The lowest BCUT2D eigenvalue weighted by Gasteiger charge is -2.25. The number of hydrogen-bond donors (Lipinski definition) is 3. The van der Waals surface area contributed by atoms with E-state index in [1.54, 1.807) is 13.1 Å². The van der Waals surface area contributed by atoms with Crippen LogP contribution in [0.2, 0.25) is 0 Å². The second-order valence-corrected chi connectivity index (χ2v) is 7.44. The van der Waals surface area contributed by atoms with E-state index in [0.717, 1.165) is 29.1 Å². The molecule has 1 aromatic heterocycles. The molecule has 0 spiro atoms. The molecule has 0 amide bonds. The van der Waals surface area contributed by atoms with Crippen molar-refractivity contribution in [3.8, 4) is 5.75 Å². The van der Waals surface area contributed by atoms with Gasteiger partial charge in [0.15, 0.2) is 5.96 Å². The molecule has 162 valence electrons. The molecular formula is C25H30N4O2. The van der Waals surface area contributed by atoms with Crippen LogP contribution in [0, 0.1) is 0 Å². The number of hydrogen-bond acceptors (Lipinski definition) is 4. The molecule has 0 fully saturated rings. The van der Waals surface area contributed by atoms with Gasteiger partial charge in [-0.2, -0.15) is 0 Å². The van der Waals surface area contributed by atoms with Crippen LogP contribution in [0.1, 0.15) is 30.7 Å². The number of benzene rings is 2. The van der Waals surface area contributed by atoms with Crippen LogP contribution in [0.3, 0.4) is 0 Å². The molecule has 6 heteroatoms. The maximum absolute atomic E-state index is 10.8. The van der Waals surface area contributed by atoms with Crippen molar-refractivity contribution in [2.75, 3.05) is 13.1 Å². The van der Waals surface area contributed by atoms with Gasteiger partial charge < -0.3 is 20.5 Å². The Morgan fingerprint density at radius 3 is 2.42 bits per heavy atom. The molecule has 0 aliphatic rings. The van der Waals surface area contributed by atoms with E-state index in [2.05, 4.69) is 20.6 Å². The Morgan fingerprint density at radius 2 is 1.74 bits per heavy atom. The molecule has 0 aliphatic carbocycles. The molecule has 3 rings (SSSR count). The minimum atomic E-state index is -0.996. The molecule has 0 aliphatic heterocycles. The van der Waals surface area contributed by atoms with E-state index < -0.39 is 5.60 Å². The summed E-state index contributed by atoms with van der Waals surface area (Å²) < 4.78 is 5.78. The lowest BCUT2D eigenvalue weighted by atomic mass is 9.96. The van der Waals surface area contributed by atoms with Crippen molar-refractivity contribution in [2.45, 2.75) is 32.6 Å². The maximum Gasteiger partial charge on any atom is 0.191 e. The summed E-state index contributed by atoms with van der Waals surface area (Å²) in [5, 5.41) is 17.2. The van der Waals surface area contributed by atoms with E-state index in [1.807, 2.05) is 79.7 Å². The lowest BCUT2D eigenvalue weighted by molar-refractivity contribution is 0.0617. The van der Waals surface area contributed by atoms with Gasteiger partial charge in [-0.05, 0) is 49.2 Å². The van der Waals surface area contributed by atoms with Crippen LogP contribution in [0.5, 0.6) is 5.75 Å². The second-order valence-electron chi connectivity index (χ2n) is 7.44. The first kappa shape index (κ1) is 22.3. The molecule has 6 nitrogen and oxygen atoms in total. The zero-order valence-corrected chi connectivity index (χ0v) is 18.1. The maximum atomic E-state index is 10.8. The largest absolute Gasteiger partial charge is 0.487 e. The summed E-state index contributed by atoms with van der Waals surface area (Å²) in [4.78, 5) is 8.89. The first-order valence-corrected chi connectivity index (χ1v) is 10.5. The van der Waals surface area contributed by atoms with Crippen LogP contribution in [0.4, 0.5) is 0 Å². The van der Waals surface area contributed by atoms with E-state index in [9.17, 15) is 5.11 Å². The monoisotopic (exact) mass is 418 g/mol. The van der Waals surface area contributed by atoms with Gasteiger partial charge in [-0.3, -0.25) is 4.98 Å². The number of ether oxygens (including phenoxy) is 1. The normalized spacial score (nSPS) is 13.3. The van der Waals surface area contributed by atoms with E-state index in [4.69, 9.17) is 4.74 Å². The van der Waals surface area contributed by atoms with Crippen molar-refractivity contribution in [1.82, 2.24) is 15.6 Å². The quantitative estimate of drug-likeness (QED) is 0.365. The minimum absolute atomic E-state index is 0.350. The SMILES string of the molecule is CCNC(=NCc1ccc(OCc2ccccn2)cc1)NCC(C)(O)c1ccccc1. The lowest BCUT2D eigenvalue weighted by Crippen LogP contribution is -2.44. The Bertz CT molecular complexity index is 942. The standard InChI is InChI=1S/C25H30N4O2/c1-3-26-24(29-19-25(2,30)21-9-5-4-6-10-21)28-17-20-12-14-23(15-13-20)31-18-22-11-7-8-16-27-22/h4-16,30H,3,17-19H2,1-2H3,(H2,26,28,29). The number of aliphatic hydroxyl groups is 1. The molecule has 1 unspecified atom stereocenters. The van der Waals surface area contributed by atoms with Gasteiger partial charge in [0.25, 0.3) is 0 Å². The van der Waals surface area contributed by atoms with Gasteiger partial charge in [-0.1, -0.05) is 48.5 Å². The second kappa shape index (κ2) is 11.1. The predicted octanol–water partition coefficient (Wildman–Crippen LogP) is 3.62. The smallest absolute Gasteiger partial charge is 0.191 e. The Kier molecular flexibility index (Phi) is 8.01. The van der Waals surface area contributed by atoms with Gasteiger partial charge >= 0.3 is 0 Å². The van der Waals surface area contributed by atoms with Crippen LogP contribution >= 0.6 is 0 Å². The summed E-state index contributed by atoms with van der Waals surface area (Å²) >= 11 is 0. The van der Waals surface area contributed by atoms with Crippen molar-refractivity contribution >= 4 is 5.96 Å². The van der Waals surface area contributed by atoms with Crippen molar-refractivity contribution in [1.29, 1.82) is 0 Å². The Labute approximate surface area is 184 Å². The molecular weight excluding hydrogens is 388 g/mol. The number of aliphatic imine (C=N–C) groups is 1. The first-order valence-electron chi connectivity index (χ1n) is 10.5. The molecule has 2 aromatic carbocycles. The van der Waals surface area contributed by atoms with Crippen LogP contribution in [-0.2, 0) is 18.8 Å². The van der Waals surface area contributed by atoms with Crippen molar-refractivity contribution in [2.24, 2.45) is 4.99 Å². The number of rotatable bonds is 9. The van der Waals surface area contributed by atoms with Gasteiger partial charge in [-0.15, -0.1) is 0 Å². The number of nitrogens with zero attached hydrogens (tertiary/aromatic N) is 2. The molecule has 0 saturated heterocycles. The molecule has 0 radical (unpaired) electrons. The zero-order valence-electron chi connectivity index (χ0n) is 18.1. The molecule has 31 heavy (non-hydrogen) atoms. The summed E-state index contributed by atoms with van der Waals surface area (Å²) in [5.41, 5.74) is 1.82. The highest BCUT2D eigenvalue weighted by atomic mass is 16.5. The molecule has 3 aromatic rings. The topological polar surface area (TPSA) is 78.8 Å². The molecule has 1 heterocycles. The molecule has 3 N–H and O–H groups in total. The number of pyridine rings is 1. The summed E-state index contributed by atoms with van der Waals surface area (Å²) in [6.45, 7) is 5.85. The van der Waals surface area contributed by atoms with Crippen LogP contribution in [0.25, 0.3) is 0 Å². The van der Waals surface area contributed by atoms with Gasteiger partial charge in [-0.25, -0.2) is 4.99 Å². The molecule has 1 atom stereocenters. The Balaban J connectivity index is 1.54. The summed E-state index contributed by atoms with van der Waals surface area (Å²) in [6.07, 6.45) is 1.76. The highest BCUT2D eigenvalue weighted by molar-refractivity contribution is 5.79. The summed E-state index contributed by atoms with van der Waals surface area (Å²) in [6, 6.07) is 23.3. The highest BCUT2D eigenvalue weighted by Crippen LogP contribution is 2.19. The third-order valence-corrected chi connectivity index (χ3v) is 4.80. The number of aromatic nitrogens is 1. The fourth-order valence-corrected chi connectivity index (χ4v) is 3.00. The van der Waals surface area contributed by atoms with E-state index >= 15 is 0 Å². The molecule has 0 bridgehead atoms. The predicted molar refractivity (Wildman–Crippen MR) is 124 cm³/mol. The zero-order chi connectivity index (χ0) is 21.9. The van der Waals surface area contributed by atoms with Gasteiger partial charge in [0, 0.05) is 12.7 Å². The fraction of sp³-hybridized carbons (Fsp3) is 0.280. The minimum Gasteiger partial charge on any atom is -0.487 e. The third-order valence-electron chi connectivity index (χ3n) is 4.80. The van der Waals surface area contributed by atoms with Crippen LogP contribution in [0.15, 0.2) is 84.0 Å². The highest BCUT2D eigenvalue weighted by Gasteiger charge is 2.22. The van der Waals surface area contributed by atoms with E-state index in [0.29, 0.717) is 25.7 Å². The first-order chi connectivity index (χ1) is 15.1. The summed E-state index contributed by atoms with van der Waals surface area (Å²) in [5.74, 6) is 1.46. The van der Waals surface area contributed by atoms with Gasteiger partial charge in [0.05, 0.1) is 18.8 Å². The van der Waals surface area contributed by atoms with Gasteiger partial charge in [0.2, 0.25) is 0 Å². The van der Waals surface area contributed by atoms with Gasteiger partial charge in [0.1, 0.15) is 18.0 Å². The van der Waals surface area contributed by atoms with Crippen LogP contribution < -0.4 is 15.4 Å². The van der Waals surface area contributed by atoms with Crippen molar-refractivity contribution in [3.63, 3.8) is 0 Å². The Hall–Kier alpha value is -3.38. The van der Waals surface area contributed by atoms with Crippen molar-refractivity contribution < 1.29 is 9.84 Å². The summed E-state index contributed by atoms with van der Waals surface area (Å²) in [7, 11) is 0. The van der Waals surface area contributed by atoms with E-state index in [-0.39, 0.29) is 0 Å². The molecule has 0 saturated carbocycles. The van der Waals surface area contributed by atoms with Crippen LogP contribution in [-0.4, -0.2) is 29.1 Å². The van der Waals surface area contributed by atoms with Crippen molar-refractivity contribution in [3.05, 3.63) is 95.8 Å². The third kappa shape index (κ3) is 7.12. The fourth-order valence-electron chi connectivity index (χ4n) is 3.00. The number of nitrogens with one attached hydrogen (secondary N) is 2. The number of guanidine groups is 1.